The summed E-state index contributed by atoms with van der Waals surface area (Å²) in [5.74, 6) is 0.265. The molecule has 2 aromatic carbocycles. The van der Waals surface area contributed by atoms with E-state index in [0.29, 0.717) is 51.9 Å². The molecule has 372 valence electrons. The van der Waals surface area contributed by atoms with E-state index in [1.54, 1.807) is 18.5 Å². The maximum Gasteiger partial charge on any atom is 0.220 e. The molecule has 4 N–H and O–H groups in total. The van der Waals surface area contributed by atoms with Gasteiger partial charge in [0.15, 0.2) is 0 Å². The van der Waals surface area contributed by atoms with Crippen molar-refractivity contribution in [2.45, 2.75) is 153 Å². The van der Waals surface area contributed by atoms with Gasteiger partial charge in [-0.25, -0.2) is 0 Å². The number of carbonyl (C=O) groups is 4. The van der Waals surface area contributed by atoms with Crippen molar-refractivity contribution in [1.82, 2.24) is 5.32 Å². The average Bonchev–Trinajstić information content (AvgIpc) is 3.91. The first-order chi connectivity index (χ1) is 29.7. The van der Waals surface area contributed by atoms with Gasteiger partial charge in [-0.05, 0) is 78.7 Å². The smallest absolute Gasteiger partial charge is 0.220 e. The third kappa shape index (κ3) is 24.4. The molecule has 0 aliphatic heterocycles. The van der Waals surface area contributed by atoms with Gasteiger partial charge in [-0.15, -0.1) is 0 Å². The standard InChI is InChI=1S/2C18H25NO3.C14H23NO3.3CH4.2Ac/c1-12-8-9-15(20)17(12)18(22)13(2)10-16(21)19-11-14-6-4-3-5-7-14;1-13-8-9-16(20)17(13)18(21)14(2)10-11-19-22-12-15-6-4-3-5-7-15;1-4-9-18-15-8-7-11(3)14(17)13-10(2)5-6-12(13)16;;;;;/h3-7,12-13,17-18,22H,8-11H2,1-2H3,(H,19,21);3-7,11,13-14,17-18,21H,8-10,12H2,1-2H3;4,8,10-11,13-14,17H,1,5-7,9H2,2-3H3;3*1H4;;/b;19-11+;15-8+;;;;;/t12?,13-,17-,18?;13?,14-,17-,18-;10?,11-,13-,14-;;;;;/m111...../s1. The van der Waals surface area contributed by atoms with Crippen molar-refractivity contribution in [3.63, 3.8) is 0 Å². The molecule has 3 saturated carbocycles. The number of rotatable bonds is 20. The Balaban J connectivity index is -0.000000889. The Morgan fingerprint density at radius 2 is 1.03 bits per heavy atom. The quantitative estimate of drug-likeness (QED) is 0.0434. The Hall–Kier alpha value is -1.64. The largest absolute Gasteiger partial charge is 0.392 e. The summed E-state index contributed by atoms with van der Waals surface area (Å²) in [6.07, 6.45) is 8.87. The fourth-order valence-electron chi connectivity index (χ4n) is 8.61. The zero-order valence-corrected chi connectivity index (χ0v) is 48.5. The van der Waals surface area contributed by atoms with E-state index < -0.39 is 18.3 Å². The number of oxime groups is 2. The van der Waals surface area contributed by atoms with Gasteiger partial charge in [0.1, 0.15) is 30.6 Å². The summed E-state index contributed by atoms with van der Waals surface area (Å²) in [6.45, 7) is 16.6. The van der Waals surface area contributed by atoms with Crippen LogP contribution in [0, 0.1) is 141 Å². The summed E-state index contributed by atoms with van der Waals surface area (Å²) in [6, 6.07) is 19.5. The summed E-state index contributed by atoms with van der Waals surface area (Å²) in [7, 11) is 0. The topological polar surface area (TPSA) is 184 Å². The monoisotopic (exact) mass is 1360 g/mol. The zero-order valence-electron chi connectivity index (χ0n) is 39.0. The van der Waals surface area contributed by atoms with Crippen LogP contribution < -0.4 is 5.32 Å². The SMILES string of the molecule is C.C.C.C=CCO/N=C/C[C@@H](C)[C@@H](O)[C@H]1C(=O)CCC1C.CC1CCC(=O)[C@@H]1C(O)[C@H](C)CC(=O)NCc1ccccc1.CC1CCC(=O)[C@@H]1[C@H](O)[C@H](C)C/C=N/OCc1ccccc1.[Ac].[Ac]. The molecule has 4 unspecified atom stereocenters. The fourth-order valence-corrected chi connectivity index (χ4v) is 8.61. The molecule has 14 heteroatoms. The number of hydrogen-bond acceptors (Lipinski definition) is 11. The van der Waals surface area contributed by atoms with Crippen molar-refractivity contribution in [3.8, 4) is 0 Å². The molecule has 3 aliphatic carbocycles. The molecule has 1 amide bonds. The molecule has 0 aromatic heterocycles. The van der Waals surface area contributed by atoms with Crippen molar-refractivity contribution in [3.05, 3.63) is 84.4 Å². The number of aliphatic hydroxyl groups is 3. The van der Waals surface area contributed by atoms with E-state index in [0.717, 1.165) is 30.4 Å². The van der Waals surface area contributed by atoms with E-state index in [2.05, 4.69) is 22.2 Å². The third-order valence-electron chi connectivity index (χ3n) is 12.7. The minimum atomic E-state index is -0.729. The average molecular weight is 1360 g/mol. The van der Waals surface area contributed by atoms with Gasteiger partial charge in [0, 0.05) is 151 Å². The third-order valence-corrected chi connectivity index (χ3v) is 12.7. The molecule has 0 bridgehead atoms. The minimum Gasteiger partial charge on any atom is -0.392 e. The van der Waals surface area contributed by atoms with E-state index in [4.69, 9.17) is 9.68 Å². The summed E-state index contributed by atoms with van der Waals surface area (Å²) >= 11 is 0. The molecule has 3 aliphatic rings. The van der Waals surface area contributed by atoms with Crippen molar-refractivity contribution in [1.29, 1.82) is 0 Å². The van der Waals surface area contributed by atoms with E-state index in [1.165, 1.54) is 0 Å². The molecule has 0 saturated heterocycles. The van der Waals surface area contributed by atoms with E-state index in [-0.39, 0.29) is 193 Å². The molecule has 5 rings (SSSR count). The Labute approximate surface area is 475 Å². The Bertz CT molecular complexity index is 1730. The van der Waals surface area contributed by atoms with Crippen LogP contribution in [0.1, 0.15) is 133 Å². The van der Waals surface area contributed by atoms with E-state index >= 15 is 0 Å². The molecule has 2 aromatic rings. The Kier molecular flexibility index (Phi) is 39.6. The minimum absolute atomic E-state index is 0. The van der Waals surface area contributed by atoms with Gasteiger partial charge < -0.3 is 30.3 Å². The molecule has 12 atom stereocenters. The molecule has 67 heavy (non-hydrogen) atoms. The number of benzene rings is 2. The van der Waals surface area contributed by atoms with Gasteiger partial charge in [0.05, 0.1) is 18.3 Å². The second-order valence-corrected chi connectivity index (χ2v) is 17.8. The van der Waals surface area contributed by atoms with Gasteiger partial charge in [-0.3, -0.25) is 19.2 Å². The first-order valence-corrected chi connectivity index (χ1v) is 22.5. The van der Waals surface area contributed by atoms with Gasteiger partial charge in [0.2, 0.25) is 5.91 Å². The second kappa shape index (κ2) is 38.1. The summed E-state index contributed by atoms with van der Waals surface area (Å²) in [5.41, 5.74) is 2.11. The summed E-state index contributed by atoms with van der Waals surface area (Å²) in [4.78, 5) is 57.6. The molecule has 12 nitrogen and oxygen atoms in total. The van der Waals surface area contributed by atoms with Gasteiger partial charge in [0.25, 0.3) is 0 Å². The molecular weight excluding hydrogens is 1280 g/mol. The number of nitrogens with zero attached hydrogens (tertiary/aromatic N) is 2. The number of nitrogens with one attached hydrogen (secondary N) is 1. The first-order valence-electron chi connectivity index (χ1n) is 22.5. The van der Waals surface area contributed by atoms with Gasteiger partial charge >= 0.3 is 0 Å². The number of hydrogen-bond donors (Lipinski definition) is 4. The van der Waals surface area contributed by atoms with Crippen LogP contribution in [0.3, 0.4) is 0 Å². The molecule has 0 spiro atoms. The predicted molar refractivity (Wildman–Crippen MR) is 263 cm³/mol. The first kappa shape index (κ1) is 69.6. The van der Waals surface area contributed by atoms with Crippen molar-refractivity contribution >= 4 is 35.7 Å². The molecule has 2 radical (unpaired) electrons. The van der Waals surface area contributed by atoms with Crippen molar-refractivity contribution in [2.75, 3.05) is 6.61 Å². The number of ketones is 3. The Morgan fingerprint density at radius 1 is 0.657 bits per heavy atom. The Morgan fingerprint density at radius 3 is 1.40 bits per heavy atom. The number of carbonyl (C=O) groups excluding carboxylic acids is 4. The maximum atomic E-state index is 12.0. The van der Waals surface area contributed by atoms with Crippen LogP contribution >= 0.6 is 0 Å². The van der Waals surface area contributed by atoms with Crippen LogP contribution in [-0.4, -0.2) is 75.9 Å². The summed E-state index contributed by atoms with van der Waals surface area (Å²) in [5, 5.41) is 41.5. The molecule has 0 heterocycles. The van der Waals surface area contributed by atoms with Gasteiger partial charge in [-0.1, -0.05) is 147 Å². The van der Waals surface area contributed by atoms with Crippen LogP contribution in [-0.2, 0) is 42.0 Å². The van der Waals surface area contributed by atoms with Crippen LogP contribution in [0.5, 0.6) is 0 Å². The van der Waals surface area contributed by atoms with Crippen molar-refractivity contribution < 1.29 is 132 Å². The molecular formula is C53H85Ac2N3O9. The number of Topliss-reactive ketones (excluding diaryl/α,β-unsaturated/α-hetero) is 3. The van der Waals surface area contributed by atoms with Crippen molar-refractivity contribution in [2.24, 2.45) is 63.6 Å². The number of amides is 1. The van der Waals surface area contributed by atoms with Crippen LogP contribution in [0.15, 0.2) is 83.6 Å². The van der Waals surface area contributed by atoms with Crippen LogP contribution in [0.4, 0.5) is 0 Å². The predicted octanol–water partition coefficient (Wildman–Crippen LogP) is 9.58. The fraction of sp³-hybridized carbons (Fsp3) is 0.623. The van der Waals surface area contributed by atoms with Crippen LogP contribution in [0.2, 0.25) is 0 Å². The van der Waals surface area contributed by atoms with Gasteiger partial charge in [-0.2, -0.15) is 0 Å². The van der Waals surface area contributed by atoms with Crippen LogP contribution in [0.25, 0.3) is 0 Å². The normalized spacial score (nSPS) is 23.3. The molecule has 3 fully saturated rings. The number of aliphatic hydroxyl groups excluding tert-OH is 3. The second-order valence-electron chi connectivity index (χ2n) is 17.8. The van der Waals surface area contributed by atoms with E-state index in [1.807, 2.05) is 102 Å². The summed E-state index contributed by atoms with van der Waals surface area (Å²) < 4.78 is 0. The zero-order chi connectivity index (χ0) is 45.6. The van der Waals surface area contributed by atoms with E-state index in [9.17, 15) is 34.5 Å². The maximum absolute atomic E-state index is 12.0.